The molecule has 0 atom stereocenters. The average Bonchev–Trinajstić information content (AvgIpc) is 3.27. The molecule has 2 aromatic rings. The van der Waals surface area contributed by atoms with Crippen LogP contribution in [0, 0.1) is 0 Å². The van der Waals surface area contributed by atoms with Crippen LogP contribution >= 0.6 is 11.3 Å². The van der Waals surface area contributed by atoms with Crippen molar-refractivity contribution < 1.29 is 23.9 Å². The third-order valence-corrected chi connectivity index (χ3v) is 6.15. The summed E-state index contributed by atoms with van der Waals surface area (Å²) >= 11 is 1.29. The van der Waals surface area contributed by atoms with Gasteiger partial charge in [-0.15, -0.1) is 11.3 Å². The maximum Gasteiger partial charge on any atom is 0.336 e. The number of aromatic nitrogens is 1. The number of carbonyl (C=O) groups is 3. The van der Waals surface area contributed by atoms with E-state index in [1.54, 1.807) is 47.2 Å². The molecule has 35 heavy (non-hydrogen) atoms. The second-order valence-electron chi connectivity index (χ2n) is 8.03. The van der Waals surface area contributed by atoms with E-state index in [-0.39, 0.29) is 19.1 Å². The summed E-state index contributed by atoms with van der Waals surface area (Å²) in [6.07, 6.45) is 0. The van der Waals surface area contributed by atoms with Crippen LogP contribution in [0.15, 0.2) is 52.2 Å². The summed E-state index contributed by atoms with van der Waals surface area (Å²) in [6, 6.07) is 7.36. The van der Waals surface area contributed by atoms with Crippen LogP contribution in [0.2, 0.25) is 0 Å². The zero-order valence-corrected chi connectivity index (χ0v) is 21.5. The monoisotopic (exact) mass is 498 g/mol. The van der Waals surface area contributed by atoms with Crippen molar-refractivity contribution in [3.63, 3.8) is 0 Å². The highest BCUT2D eigenvalue weighted by Gasteiger charge is 2.39. The molecule has 1 aliphatic heterocycles. The van der Waals surface area contributed by atoms with Crippen LogP contribution in [-0.4, -0.2) is 55.0 Å². The van der Waals surface area contributed by atoms with Crippen LogP contribution in [0.4, 0.5) is 10.8 Å². The van der Waals surface area contributed by atoms with Gasteiger partial charge >= 0.3 is 11.9 Å². The van der Waals surface area contributed by atoms with E-state index in [2.05, 4.69) is 15.6 Å². The zero-order valence-electron chi connectivity index (χ0n) is 20.7. The second kappa shape index (κ2) is 11.2. The molecule has 186 valence electrons. The smallest absolute Gasteiger partial charge is 0.336 e. The van der Waals surface area contributed by atoms with Crippen molar-refractivity contribution in [3.05, 3.63) is 63.4 Å². The number of hydrogen-bond acceptors (Lipinski definition) is 9. The third kappa shape index (κ3) is 5.54. The van der Waals surface area contributed by atoms with Crippen molar-refractivity contribution >= 4 is 40.0 Å². The Morgan fingerprint density at radius 1 is 1.03 bits per heavy atom. The fraction of sp³-hybridized carbons (Fsp3) is 0.360. The van der Waals surface area contributed by atoms with E-state index in [0.29, 0.717) is 44.6 Å². The summed E-state index contributed by atoms with van der Waals surface area (Å²) in [6.45, 7) is 7.41. The van der Waals surface area contributed by atoms with E-state index in [0.717, 1.165) is 0 Å². The molecule has 0 aliphatic carbocycles. The van der Waals surface area contributed by atoms with Gasteiger partial charge in [-0.05, 0) is 39.3 Å². The lowest BCUT2D eigenvalue weighted by molar-refractivity contribution is -0.139. The summed E-state index contributed by atoms with van der Waals surface area (Å²) in [5.74, 6) is -1.97. The van der Waals surface area contributed by atoms with Gasteiger partial charge in [0.2, 0.25) is 0 Å². The minimum atomic E-state index is -0.735. The molecule has 9 nitrogen and oxygen atoms in total. The van der Waals surface area contributed by atoms with Crippen LogP contribution in [0.3, 0.4) is 0 Å². The van der Waals surface area contributed by atoms with Crippen LogP contribution in [-0.2, 0) is 19.1 Å². The van der Waals surface area contributed by atoms with Crippen molar-refractivity contribution in [2.45, 2.75) is 33.6 Å². The quantitative estimate of drug-likeness (QED) is 0.527. The van der Waals surface area contributed by atoms with Gasteiger partial charge < -0.3 is 25.0 Å². The van der Waals surface area contributed by atoms with Crippen LogP contribution in [0.5, 0.6) is 0 Å². The first-order chi connectivity index (χ1) is 16.7. The molecular formula is C25H30N4O5S. The molecule has 1 amide bonds. The average molecular weight is 499 g/mol. The number of nitrogens with one attached hydrogen (secondary N) is 2. The molecule has 2 heterocycles. The number of amides is 1. The molecule has 10 heteroatoms. The van der Waals surface area contributed by atoms with Crippen molar-refractivity contribution in [2.75, 3.05) is 32.6 Å². The summed E-state index contributed by atoms with van der Waals surface area (Å²) in [5.41, 5.74) is 3.50. The van der Waals surface area contributed by atoms with Gasteiger partial charge in [-0.2, -0.15) is 0 Å². The molecule has 0 spiro atoms. The second-order valence-corrected chi connectivity index (χ2v) is 8.88. The number of rotatable bonds is 8. The van der Waals surface area contributed by atoms with E-state index < -0.39 is 17.9 Å². The third-order valence-electron chi connectivity index (χ3n) is 5.39. The number of dihydropyridines is 1. The van der Waals surface area contributed by atoms with Gasteiger partial charge in [0, 0.05) is 36.6 Å². The number of hydrogen-bond donors (Lipinski definition) is 2. The van der Waals surface area contributed by atoms with Crippen molar-refractivity contribution in [1.29, 1.82) is 0 Å². The number of ether oxygens (including phenoxy) is 2. The Balaban J connectivity index is 2.12. The minimum absolute atomic E-state index is 0.196. The maximum atomic E-state index is 13.1. The molecule has 0 saturated heterocycles. The Morgan fingerprint density at radius 3 is 2.14 bits per heavy atom. The molecule has 1 aliphatic rings. The van der Waals surface area contributed by atoms with Crippen LogP contribution in [0.1, 0.15) is 49.7 Å². The molecule has 3 rings (SSSR count). The van der Waals surface area contributed by atoms with Crippen LogP contribution in [0.25, 0.3) is 0 Å². The highest BCUT2D eigenvalue weighted by molar-refractivity contribution is 7.14. The van der Waals surface area contributed by atoms with Gasteiger partial charge in [-0.1, -0.05) is 18.2 Å². The maximum absolute atomic E-state index is 13.1. The zero-order chi connectivity index (χ0) is 25.7. The number of benzene rings is 1. The lowest BCUT2D eigenvalue weighted by Crippen LogP contribution is -2.32. The number of anilines is 2. The number of esters is 2. The molecule has 1 aromatic carbocycles. The summed E-state index contributed by atoms with van der Waals surface area (Å²) in [7, 11) is 3.33. The summed E-state index contributed by atoms with van der Waals surface area (Å²) < 4.78 is 10.7. The predicted octanol–water partition coefficient (Wildman–Crippen LogP) is 3.95. The SMILES string of the molecule is CCOC(=O)C1=C(C)NC(C)=C(C(=O)OCC)C1c1ccccc1Nc1nc(C(=O)N(C)C)cs1. The van der Waals surface area contributed by atoms with Gasteiger partial charge in [0.05, 0.1) is 30.3 Å². The lowest BCUT2D eigenvalue weighted by Gasteiger charge is -2.31. The van der Waals surface area contributed by atoms with E-state index in [4.69, 9.17) is 9.47 Å². The molecule has 0 unspecified atom stereocenters. The Kier molecular flexibility index (Phi) is 8.29. The molecule has 0 bridgehead atoms. The first kappa shape index (κ1) is 26.0. The first-order valence-corrected chi connectivity index (χ1v) is 12.1. The number of allylic oxidation sites excluding steroid dienone is 2. The minimum Gasteiger partial charge on any atom is -0.463 e. The topological polar surface area (TPSA) is 110 Å². The van der Waals surface area contributed by atoms with Crippen molar-refractivity contribution in [3.8, 4) is 0 Å². The number of thiazole rings is 1. The number of carbonyl (C=O) groups excluding carboxylic acids is 3. The highest BCUT2D eigenvalue weighted by Crippen LogP contribution is 2.42. The van der Waals surface area contributed by atoms with E-state index in [1.165, 1.54) is 16.2 Å². The summed E-state index contributed by atoms with van der Waals surface area (Å²) in [4.78, 5) is 44.3. The number of nitrogens with zero attached hydrogens (tertiary/aromatic N) is 2. The van der Waals surface area contributed by atoms with Gasteiger partial charge in [-0.3, -0.25) is 4.79 Å². The molecule has 0 radical (unpaired) electrons. The number of para-hydroxylation sites is 1. The van der Waals surface area contributed by atoms with Crippen molar-refractivity contribution in [1.82, 2.24) is 15.2 Å². The molecular weight excluding hydrogens is 468 g/mol. The Hall–Kier alpha value is -3.66. The normalized spacial score (nSPS) is 13.9. The van der Waals surface area contributed by atoms with Gasteiger partial charge in [-0.25, -0.2) is 14.6 Å². The predicted molar refractivity (Wildman–Crippen MR) is 134 cm³/mol. The standard InChI is InChI=1S/C25H30N4O5S/c1-7-33-23(31)19-14(3)26-15(4)20(24(32)34-8-2)21(19)16-11-9-10-12-17(16)27-25-28-18(13-35-25)22(30)29(5)6/h9-13,21,26H,7-8H2,1-6H3,(H,27,28). The van der Waals surface area contributed by atoms with Gasteiger partial charge in [0.1, 0.15) is 5.69 Å². The van der Waals surface area contributed by atoms with Gasteiger partial charge in [0.15, 0.2) is 5.13 Å². The molecule has 0 saturated carbocycles. The van der Waals surface area contributed by atoms with Crippen molar-refractivity contribution in [2.24, 2.45) is 0 Å². The lowest BCUT2D eigenvalue weighted by atomic mass is 9.79. The Bertz CT molecular complexity index is 1160. The van der Waals surface area contributed by atoms with Gasteiger partial charge in [0.25, 0.3) is 5.91 Å². The van der Waals surface area contributed by atoms with Crippen LogP contribution < -0.4 is 10.6 Å². The first-order valence-electron chi connectivity index (χ1n) is 11.2. The fourth-order valence-electron chi connectivity index (χ4n) is 3.90. The highest BCUT2D eigenvalue weighted by atomic mass is 32.1. The summed E-state index contributed by atoms with van der Waals surface area (Å²) in [5, 5.41) is 8.59. The fourth-order valence-corrected chi connectivity index (χ4v) is 4.60. The van der Waals surface area contributed by atoms with E-state index >= 15 is 0 Å². The van der Waals surface area contributed by atoms with E-state index in [1.807, 2.05) is 24.3 Å². The Labute approximate surface area is 208 Å². The molecule has 0 fully saturated rings. The van der Waals surface area contributed by atoms with E-state index in [9.17, 15) is 14.4 Å². The Morgan fingerprint density at radius 2 is 1.60 bits per heavy atom. The largest absolute Gasteiger partial charge is 0.463 e. The molecule has 2 N–H and O–H groups in total. The molecule has 1 aromatic heterocycles.